The van der Waals surface area contributed by atoms with Crippen LogP contribution in [0.1, 0.15) is 49.5 Å². The average molecular weight is 519 g/mol. The lowest BCUT2D eigenvalue weighted by molar-refractivity contribution is -0.147. The number of rotatable bonds is 10. The number of hydrogen-bond acceptors (Lipinski definition) is 6. The number of carbonyl (C=O) groups is 4. The summed E-state index contributed by atoms with van der Waals surface area (Å²) in [7, 11) is 0. The van der Waals surface area contributed by atoms with Gasteiger partial charge < -0.3 is 20.1 Å². The smallest absolute Gasteiger partial charge is 0.338 e. The Morgan fingerprint density at radius 2 is 1.64 bits per heavy atom. The minimum atomic E-state index is -0.654. The first kappa shape index (κ1) is 26.1. The fourth-order valence-electron chi connectivity index (χ4n) is 2.79. The van der Waals surface area contributed by atoms with Gasteiger partial charge in [0.05, 0.1) is 18.1 Å². The highest BCUT2D eigenvalue weighted by Gasteiger charge is 2.13. The Hall–Kier alpha value is -3.20. The van der Waals surface area contributed by atoms with Gasteiger partial charge in [0.2, 0.25) is 5.91 Å². The van der Waals surface area contributed by atoms with Crippen molar-refractivity contribution in [1.29, 1.82) is 0 Å². The Kier molecular flexibility index (Phi) is 10.1. The number of carbonyl (C=O) groups excluding carboxylic acids is 4. The molecule has 0 bridgehead atoms. The van der Waals surface area contributed by atoms with E-state index in [0.29, 0.717) is 16.9 Å². The van der Waals surface area contributed by atoms with Gasteiger partial charge >= 0.3 is 11.9 Å². The van der Waals surface area contributed by atoms with Gasteiger partial charge in [0, 0.05) is 22.3 Å². The minimum Gasteiger partial charge on any atom is -0.459 e. The largest absolute Gasteiger partial charge is 0.459 e. The van der Waals surface area contributed by atoms with E-state index in [-0.39, 0.29) is 18.9 Å². The normalized spacial score (nSPS) is 10.5. The molecule has 0 unspecified atom stereocenters. The molecule has 2 N–H and O–H groups in total. The predicted octanol–water partition coefficient (Wildman–Crippen LogP) is 4.48. The predicted molar refractivity (Wildman–Crippen MR) is 128 cm³/mol. The molecule has 0 atom stereocenters. The molecular weight excluding hydrogens is 492 g/mol. The van der Waals surface area contributed by atoms with Gasteiger partial charge in [0.25, 0.3) is 5.91 Å². The Morgan fingerprint density at radius 3 is 2.27 bits per heavy atom. The van der Waals surface area contributed by atoms with Crippen LogP contribution in [-0.4, -0.2) is 36.5 Å². The molecule has 0 aromatic heterocycles. The lowest BCUT2D eigenvalue weighted by atomic mass is 10.1. The van der Waals surface area contributed by atoms with Crippen LogP contribution in [0.2, 0.25) is 0 Å². The third kappa shape index (κ3) is 9.05. The third-order valence-corrected chi connectivity index (χ3v) is 4.88. The van der Waals surface area contributed by atoms with Crippen molar-refractivity contribution >= 4 is 51.1 Å². The second-order valence-electron chi connectivity index (χ2n) is 7.44. The number of benzene rings is 2. The van der Waals surface area contributed by atoms with Crippen LogP contribution >= 0.6 is 15.9 Å². The maximum absolute atomic E-state index is 12.1. The van der Waals surface area contributed by atoms with Crippen molar-refractivity contribution in [2.24, 2.45) is 0 Å². The molecule has 0 saturated carbocycles. The van der Waals surface area contributed by atoms with E-state index >= 15 is 0 Å². The van der Waals surface area contributed by atoms with Gasteiger partial charge in [0.15, 0.2) is 6.61 Å². The lowest BCUT2D eigenvalue weighted by Gasteiger charge is -2.11. The van der Waals surface area contributed by atoms with E-state index in [0.717, 1.165) is 16.5 Å². The van der Waals surface area contributed by atoms with Crippen LogP contribution in [0.5, 0.6) is 0 Å². The minimum absolute atomic E-state index is 0.107. The molecule has 0 aliphatic heterocycles. The molecule has 2 aromatic carbocycles. The molecular formula is C24H27BrN2O6. The summed E-state index contributed by atoms with van der Waals surface area (Å²) in [6, 6.07) is 11.7. The first-order valence-electron chi connectivity index (χ1n) is 10.5. The molecule has 2 aromatic rings. The summed E-state index contributed by atoms with van der Waals surface area (Å²) in [5, 5.41) is 5.35. The van der Waals surface area contributed by atoms with Crippen LogP contribution in [-0.2, 0) is 30.3 Å². The highest BCUT2D eigenvalue weighted by Crippen LogP contribution is 2.21. The number of anilines is 2. The summed E-state index contributed by atoms with van der Waals surface area (Å²) in [4.78, 5) is 47.9. The van der Waals surface area contributed by atoms with Crippen molar-refractivity contribution in [1.82, 2.24) is 0 Å². The van der Waals surface area contributed by atoms with Crippen LogP contribution in [0.15, 0.2) is 46.9 Å². The molecule has 0 aliphatic carbocycles. The molecule has 0 spiro atoms. The van der Waals surface area contributed by atoms with E-state index < -0.39 is 30.4 Å². The fraction of sp³-hybridized carbons (Fsp3) is 0.333. The van der Waals surface area contributed by atoms with Crippen LogP contribution in [0.3, 0.4) is 0 Å². The molecule has 9 heteroatoms. The Balaban J connectivity index is 1.73. The van der Waals surface area contributed by atoms with Gasteiger partial charge in [-0.2, -0.15) is 0 Å². The average Bonchev–Trinajstić information content (AvgIpc) is 2.77. The molecule has 8 nitrogen and oxygen atoms in total. The molecule has 0 radical (unpaired) electrons. The van der Waals surface area contributed by atoms with Crippen LogP contribution in [0.25, 0.3) is 0 Å². The van der Waals surface area contributed by atoms with E-state index in [1.807, 2.05) is 19.1 Å². The van der Waals surface area contributed by atoms with Gasteiger partial charge in [-0.25, -0.2) is 4.79 Å². The summed E-state index contributed by atoms with van der Waals surface area (Å²) in [6.07, 6.45) is 0.229. The summed E-state index contributed by atoms with van der Waals surface area (Å²) in [6.45, 7) is 5.05. The molecule has 0 fully saturated rings. The molecule has 2 amide bonds. The number of nitrogens with one attached hydrogen (secondary N) is 2. The van der Waals surface area contributed by atoms with E-state index in [1.165, 1.54) is 0 Å². The van der Waals surface area contributed by atoms with Gasteiger partial charge in [-0.15, -0.1) is 0 Å². The zero-order valence-corrected chi connectivity index (χ0v) is 20.4. The molecule has 0 saturated heterocycles. The van der Waals surface area contributed by atoms with E-state index in [1.54, 1.807) is 44.2 Å². The number of esters is 2. The Labute approximate surface area is 201 Å². The summed E-state index contributed by atoms with van der Waals surface area (Å²) >= 11 is 3.39. The molecule has 0 heterocycles. The van der Waals surface area contributed by atoms with Crippen LogP contribution < -0.4 is 10.6 Å². The highest BCUT2D eigenvalue weighted by atomic mass is 79.9. The van der Waals surface area contributed by atoms with E-state index in [9.17, 15) is 19.2 Å². The maximum atomic E-state index is 12.1. The van der Waals surface area contributed by atoms with Crippen molar-refractivity contribution in [3.8, 4) is 0 Å². The number of amides is 2. The lowest BCUT2D eigenvalue weighted by Crippen LogP contribution is -2.22. The molecule has 2 rings (SSSR count). The molecule has 0 aliphatic rings. The standard InChI is InChI=1S/C24H27BrN2O6/c1-4-16-13-18(25)7-10-20(16)27-22(29)14-32-23(30)12-11-21(28)26-19-8-5-17(6-9-19)24(31)33-15(2)3/h5-10,13,15H,4,11-12,14H2,1-3H3,(H,26,28)(H,27,29). The van der Waals surface area contributed by atoms with Crippen molar-refractivity contribution in [2.75, 3.05) is 17.2 Å². The summed E-state index contributed by atoms with van der Waals surface area (Å²) < 4.78 is 11.0. The quantitative estimate of drug-likeness (QED) is 0.448. The zero-order chi connectivity index (χ0) is 24.4. The monoisotopic (exact) mass is 518 g/mol. The summed E-state index contributed by atoms with van der Waals surface area (Å²) in [5.74, 6) is -1.95. The number of ether oxygens (including phenoxy) is 2. The molecule has 176 valence electrons. The topological polar surface area (TPSA) is 111 Å². The zero-order valence-electron chi connectivity index (χ0n) is 18.8. The van der Waals surface area contributed by atoms with Gasteiger partial charge in [-0.3, -0.25) is 14.4 Å². The van der Waals surface area contributed by atoms with Gasteiger partial charge in [-0.05, 0) is 68.3 Å². The SMILES string of the molecule is CCc1cc(Br)ccc1NC(=O)COC(=O)CCC(=O)Nc1ccc(C(=O)OC(C)C)cc1. The van der Waals surface area contributed by atoms with Crippen LogP contribution in [0, 0.1) is 0 Å². The van der Waals surface area contributed by atoms with Crippen LogP contribution in [0.4, 0.5) is 11.4 Å². The second kappa shape index (κ2) is 12.7. The first-order valence-corrected chi connectivity index (χ1v) is 11.3. The summed E-state index contributed by atoms with van der Waals surface area (Å²) in [5.41, 5.74) is 2.46. The number of halogens is 1. The highest BCUT2D eigenvalue weighted by molar-refractivity contribution is 9.10. The number of hydrogen-bond donors (Lipinski definition) is 2. The number of aryl methyl sites for hydroxylation is 1. The second-order valence-corrected chi connectivity index (χ2v) is 8.36. The van der Waals surface area contributed by atoms with Crippen molar-refractivity contribution in [3.05, 3.63) is 58.1 Å². The van der Waals surface area contributed by atoms with E-state index in [4.69, 9.17) is 9.47 Å². The maximum Gasteiger partial charge on any atom is 0.338 e. The molecule has 33 heavy (non-hydrogen) atoms. The first-order chi connectivity index (χ1) is 15.7. The van der Waals surface area contributed by atoms with Gasteiger partial charge in [-0.1, -0.05) is 22.9 Å². The van der Waals surface area contributed by atoms with Crippen molar-refractivity contribution in [3.63, 3.8) is 0 Å². The van der Waals surface area contributed by atoms with Gasteiger partial charge in [0.1, 0.15) is 0 Å². The Bertz CT molecular complexity index is 1000. The Morgan fingerprint density at radius 1 is 0.939 bits per heavy atom. The van der Waals surface area contributed by atoms with E-state index in [2.05, 4.69) is 26.6 Å². The van der Waals surface area contributed by atoms with Crippen molar-refractivity contribution in [2.45, 2.75) is 46.1 Å². The van der Waals surface area contributed by atoms with Crippen molar-refractivity contribution < 1.29 is 28.7 Å². The fourth-order valence-corrected chi connectivity index (χ4v) is 3.20. The third-order valence-electron chi connectivity index (χ3n) is 4.39.